The molecule has 0 aromatic rings. The van der Waals surface area contributed by atoms with Crippen LogP contribution in [0.2, 0.25) is 0 Å². The monoisotopic (exact) mass is 159 g/mol. The van der Waals surface area contributed by atoms with Gasteiger partial charge in [0, 0.05) is 0 Å². The van der Waals surface area contributed by atoms with E-state index in [-0.39, 0.29) is 6.61 Å². The van der Waals surface area contributed by atoms with Crippen LogP contribution in [-0.4, -0.2) is 23.8 Å². The van der Waals surface area contributed by atoms with Crippen LogP contribution >= 0.6 is 0 Å². The Morgan fingerprint density at radius 1 is 1.45 bits per heavy atom. The molecule has 0 aliphatic rings. The van der Waals surface area contributed by atoms with Crippen molar-refractivity contribution in [1.29, 1.82) is 0 Å². The van der Waals surface area contributed by atoms with Crippen molar-refractivity contribution in [2.24, 2.45) is 11.5 Å². The van der Waals surface area contributed by atoms with E-state index in [1.54, 1.807) is 5.32 Å². The first-order chi connectivity index (χ1) is 5.04. The van der Waals surface area contributed by atoms with E-state index < -0.39 is 12.1 Å². The van der Waals surface area contributed by atoms with Crippen LogP contribution in [0.3, 0.4) is 0 Å². The molecule has 0 aromatic carbocycles. The van der Waals surface area contributed by atoms with Crippen LogP contribution in [0.25, 0.3) is 0 Å². The van der Waals surface area contributed by atoms with Gasteiger partial charge in [0.05, 0.1) is 0 Å². The third kappa shape index (κ3) is 30.5. The second-order valence-electron chi connectivity index (χ2n) is 1.22. The fourth-order valence-electron chi connectivity index (χ4n) is 0.121. The fourth-order valence-corrected chi connectivity index (χ4v) is 0.121. The molecule has 0 bridgehead atoms. The Balaban J connectivity index is 0. The molecule has 0 radical (unpaired) electrons. The minimum Gasteiger partial charge on any atom is -0.384 e. The molecule has 4 amide bonds. The summed E-state index contributed by atoms with van der Waals surface area (Å²) in [6.45, 7) is -0.153. The van der Waals surface area contributed by atoms with Crippen LogP contribution in [0.5, 0.6) is 0 Å². The van der Waals surface area contributed by atoms with Crippen molar-refractivity contribution in [2.75, 3.05) is 6.61 Å². The van der Waals surface area contributed by atoms with Crippen molar-refractivity contribution in [3.8, 4) is 12.3 Å². The molecule has 11 heavy (non-hydrogen) atoms. The van der Waals surface area contributed by atoms with Crippen molar-refractivity contribution in [2.45, 2.75) is 0 Å². The van der Waals surface area contributed by atoms with Gasteiger partial charge in [0.1, 0.15) is 6.61 Å². The summed E-state index contributed by atoms with van der Waals surface area (Å²) in [6, 6.07) is -1.88. The topological polar surface area (TPSA) is 118 Å². The molecule has 0 fully saturated rings. The van der Waals surface area contributed by atoms with Crippen LogP contribution in [-0.2, 0) is 0 Å². The minimum atomic E-state index is -0.938. The number of amides is 4. The van der Waals surface area contributed by atoms with Gasteiger partial charge in [0.25, 0.3) is 0 Å². The molecule has 6 N–H and O–H groups in total. The molecule has 0 unspecified atom stereocenters. The second-order valence-corrected chi connectivity index (χ2v) is 1.22. The first-order valence-corrected chi connectivity index (χ1v) is 2.44. The Labute approximate surface area is 63.6 Å². The van der Waals surface area contributed by atoms with Crippen LogP contribution in [0, 0.1) is 12.3 Å². The fraction of sp³-hybridized carbons (Fsp3) is 0.200. The number of hydrogen-bond acceptors (Lipinski definition) is 3. The zero-order valence-corrected chi connectivity index (χ0v) is 5.70. The number of urea groups is 2. The van der Waals surface area contributed by atoms with Gasteiger partial charge >= 0.3 is 12.1 Å². The third-order valence-corrected chi connectivity index (χ3v) is 0.338. The van der Waals surface area contributed by atoms with Crippen molar-refractivity contribution in [3.63, 3.8) is 0 Å². The summed E-state index contributed by atoms with van der Waals surface area (Å²) in [7, 11) is 0. The average molecular weight is 159 g/mol. The summed E-state index contributed by atoms with van der Waals surface area (Å²) in [4.78, 5) is 19.2. The van der Waals surface area contributed by atoms with Crippen LogP contribution in [0.1, 0.15) is 0 Å². The van der Waals surface area contributed by atoms with E-state index in [9.17, 15) is 9.59 Å². The first-order valence-electron chi connectivity index (χ1n) is 2.44. The average Bonchev–Trinajstić information content (AvgIpc) is 1.85. The van der Waals surface area contributed by atoms with Gasteiger partial charge in [-0.05, 0) is 0 Å². The SMILES string of the molecule is C#CCO.NC(=O)NC(N)=O. The summed E-state index contributed by atoms with van der Waals surface area (Å²) in [5.74, 6) is 1.99. The molecule has 0 aromatic heterocycles. The second kappa shape index (κ2) is 8.26. The number of primary amides is 2. The predicted molar refractivity (Wildman–Crippen MR) is 38.2 cm³/mol. The standard InChI is InChI=1S/C3H4O.C2H5N3O2/c1-2-3-4;3-1(6)5-2(4)7/h1,4H,3H2;(H5,3,4,5,6,7). The summed E-state index contributed by atoms with van der Waals surface area (Å²) >= 11 is 0. The molecule has 0 atom stereocenters. The molecule has 0 saturated heterocycles. The molecule has 6 nitrogen and oxygen atoms in total. The Kier molecular flexibility index (Phi) is 9.00. The summed E-state index contributed by atoms with van der Waals surface area (Å²) in [5, 5.41) is 9.22. The van der Waals surface area contributed by atoms with E-state index in [1.165, 1.54) is 0 Å². The maximum atomic E-state index is 9.62. The van der Waals surface area contributed by atoms with Gasteiger partial charge < -0.3 is 16.6 Å². The normalized spacial score (nSPS) is 6.55. The van der Waals surface area contributed by atoms with E-state index in [0.29, 0.717) is 0 Å². The Morgan fingerprint density at radius 3 is 1.73 bits per heavy atom. The number of imide groups is 1. The van der Waals surface area contributed by atoms with Crippen molar-refractivity contribution in [3.05, 3.63) is 0 Å². The number of hydrogen-bond donors (Lipinski definition) is 4. The van der Waals surface area contributed by atoms with E-state index in [2.05, 4.69) is 17.9 Å². The van der Waals surface area contributed by atoms with Gasteiger partial charge in [-0.25, -0.2) is 9.59 Å². The zero-order valence-electron chi connectivity index (χ0n) is 5.70. The highest BCUT2D eigenvalue weighted by Crippen LogP contribution is 1.51. The molecule has 0 heterocycles. The smallest absolute Gasteiger partial charge is 0.320 e. The van der Waals surface area contributed by atoms with Crippen molar-refractivity contribution >= 4 is 12.1 Å². The van der Waals surface area contributed by atoms with E-state index in [1.807, 2.05) is 5.92 Å². The summed E-state index contributed by atoms with van der Waals surface area (Å²) in [6.07, 6.45) is 4.53. The summed E-state index contributed by atoms with van der Waals surface area (Å²) in [5.41, 5.74) is 8.88. The number of aliphatic hydroxyl groups is 1. The number of terminal acetylenes is 1. The molecule has 6 heteroatoms. The van der Waals surface area contributed by atoms with Crippen LogP contribution in [0.4, 0.5) is 9.59 Å². The maximum absolute atomic E-state index is 9.62. The van der Waals surface area contributed by atoms with Crippen LogP contribution < -0.4 is 16.8 Å². The molecular weight excluding hydrogens is 150 g/mol. The van der Waals surface area contributed by atoms with Gasteiger partial charge in [-0.2, -0.15) is 0 Å². The molecule has 0 aliphatic carbocycles. The molecular formula is C5H9N3O3. The lowest BCUT2D eigenvalue weighted by Crippen LogP contribution is -2.38. The van der Waals surface area contributed by atoms with E-state index in [0.717, 1.165) is 0 Å². The van der Waals surface area contributed by atoms with E-state index in [4.69, 9.17) is 5.11 Å². The van der Waals surface area contributed by atoms with Crippen LogP contribution in [0.15, 0.2) is 0 Å². The van der Waals surface area contributed by atoms with Gasteiger partial charge in [-0.1, -0.05) is 5.92 Å². The van der Waals surface area contributed by atoms with E-state index >= 15 is 0 Å². The lowest BCUT2D eigenvalue weighted by atomic mass is 10.8. The Morgan fingerprint density at radius 2 is 1.73 bits per heavy atom. The molecule has 0 saturated carbocycles. The predicted octanol–water partition coefficient (Wildman–Crippen LogP) is -1.65. The maximum Gasteiger partial charge on any atom is 0.320 e. The highest BCUT2D eigenvalue weighted by molar-refractivity contribution is 5.91. The van der Waals surface area contributed by atoms with Crippen molar-refractivity contribution < 1.29 is 14.7 Å². The largest absolute Gasteiger partial charge is 0.384 e. The summed E-state index contributed by atoms with van der Waals surface area (Å²) < 4.78 is 0. The quantitative estimate of drug-likeness (QED) is 0.317. The lowest BCUT2D eigenvalue weighted by Gasteiger charge is -1.88. The third-order valence-electron chi connectivity index (χ3n) is 0.338. The van der Waals surface area contributed by atoms with Crippen molar-refractivity contribution in [1.82, 2.24) is 5.32 Å². The zero-order chi connectivity index (χ0) is 9.28. The van der Waals surface area contributed by atoms with Gasteiger partial charge in [0.15, 0.2) is 0 Å². The molecule has 0 spiro atoms. The number of rotatable bonds is 0. The minimum absolute atomic E-state index is 0.153. The number of carbonyl (C=O) groups excluding carboxylic acids is 2. The lowest BCUT2D eigenvalue weighted by molar-refractivity contribution is 0.236. The van der Waals surface area contributed by atoms with Gasteiger partial charge in [-0.15, -0.1) is 6.42 Å². The Bertz CT molecular complexity index is 160. The number of carbonyl (C=O) groups is 2. The van der Waals surface area contributed by atoms with Gasteiger partial charge in [0.2, 0.25) is 0 Å². The molecule has 62 valence electrons. The highest BCUT2D eigenvalue weighted by atomic mass is 16.2. The van der Waals surface area contributed by atoms with Gasteiger partial charge in [-0.3, -0.25) is 5.32 Å². The molecule has 0 rings (SSSR count). The number of nitrogens with two attached hydrogens (primary N) is 2. The highest BCUT2D eigenvalue weighted by Gasteiger charge is 1.92. The number of nitrogens with one attached hydrogen (secondary N) is 1. The molecule has 0 aliphatic heterocycles. The number of aliphatic hydroxyl groups excluding tert-OH is 1. The Hall–Kier alpha value is -1.74. The first kappa shape index (κ1) is 12.0.